The van der Waals surface area contributed by atoms with E-state index in [-0.39, 0.29) is 0 Å². The fourth-order valence-electron chi connectivity index (χ4n) is 5.50. The third kappa shape index (κ3) is 9.83. The van der Waals surface area contributed by atoms with Gasteiger partial charge in [0.05, 0.1) is 4.88 Å². The summed E-state index contributed by atoms with van der Waals surface area (Å²) < 4.78 is 6.95. The number of carboxylic acids is 2. The lowest BCUT2D eigenvalue weighted by atomic mass is 9.97. The normalized spacial score (nSPS) is 14.9. The number of hydrogen-bond donors (Lipinski definition) is 3. The summed E-state index contributed by atoms with van der Waals surface area (Å²) in [6, 6.07) is 25.0. The van der Waals surface area contributed by atoms with Crippen LogP contribution in [0.2, 0.25) is 0 Å². The highest BCUT2D eigenvalue weighted by Crippen LogP contribution is 2.43. The molecule has 2 heterocycles. The molecule has 1 aromatic heterocycles. The van der Waals surface area contributed by atoms with E-state index in [1.807, 2.05) is 48.5 Å². The van der Waals surface area contributed by atoms with Gasteiger partial charge in [-0.15, -0.1) is 11.3 Å². The first-order chi connectivity index (χ1) is 20.8. The summed E-state index contributed by atoms with van der Waals surface area (Å²) in [7, 11) is 0. The number of hydrogen-bond acceptors (Lipinski definition) is 6. The van der Waals surface area contributed by atoms with Gasteiger partial charge < -0.3 is 20.1 Å². The number of aryl methyl sites for hydroxylation is 1. The minimum absolute atomic E-state index is 0.373. The Kier molecular flexibility index (Phi) is 12.0. The van der Waals surface area contributed by atoms with Gasteiger partial charge >= 0.3 is 11.9 Å². The van der Waals surface area contributed by atoms with Crippen molar-refractivity contribution in [3.05, 3.63) is 83.9 Å². The summed E-state index contributed by atoms with van der Waals surface area (Å²) >= 11 is 1.62. The van der Waals surface area contributed by atoms with Crippen molar-refractivity contribution in [3.8, 4) is 21.9 Å². The minimum Gasteiger partial charge on any atom is -0.506 e. The van der Waals surface area contributed by atoms with Crippen LogP contribution in [-0.2, 0) is 16.0 Å². The molecule has 0 atom stereocenters. The number of benzene rings is 3. The molecule has 2 fully saturated rings. The van der Waals surface area contributed by atoms with E-state index in [0.29, 0.717) is 5.75 Å². The SMILES string of the molecule is Cc1ccc(CC2CCCC2)cc1.O=C(O)C(=O)O.Oc1c(-c2ccc(OCCN3CCCC3)cc2)sc2ccccc12. The van der Waals surface area contributed by atoms with Gasteiger partial charge in [-0.25, -0.2) is 9.59 Å². The first kappa shape index (κ1) is 32.0. The molecule has 1 aliphatic carbocycles. The molecule has 0 amide bonds. The molecule has 1 saturated carbocycles. The molecular formula is C35H41NO6S. The Morgan fingerprint density at radius 2 is 1.49 bits per heavy atom. The van der Waals surface area contributed by atoms with E-state index in [4.69, 9.17) is 24.5 Å². The molecule has 43 heavy (non-hydrogen) atoms. The van der Waals surface area contributed by atoms with E-state index in [1.54, 1.807) is 11.3 Å². The molecule has 0 unspecified atom stereocenters. The largest absolute Gasteiger partial charge is 0.506 e. The molecule has 8 heteroatoms. The fraction of sp³-hybridized carbons (Fsp3) is 0.371. The van der Waals surface area contributed by atoms with Crippen LogP contribution in [0.25, 0.3) is 20.5 Å². The van der Waals surface area contributed by atoms with Gasteiger partial charge in [0.25, 0.3) is 0 Å². The lowest BCUT2D eigenvalue weighted by molar-refractivity contribution is -0.159. The van der Waals surface area contributed by atoms with Crippen molar-refractivity contribution in [2.75, 3.05) is 26.2 Å². The average molecular weight is 604 g/mol. The maximum Gasteiger partial charge on any atom is 0.414 e. The predicted molar refractivity (Wildman–Crippen MR) is 172 cm³/mol. The quantitative estimate of drug-likeness (QED) is 0.186. The first-order valence-corrected chi connectivity index (χ1v) is 15.8. The second-order valence-corrected chi connectivity index (χ2v) is 12.2. The predicted octanol–water partition coefficient (Wildman–Crippen LogP) is 7.63. The maximum atomic E-state index is 10.4. The van der Waals surface area contributed by atoms with E-state index in [1.165, 1.54) is 69.2 Å². The zero-order valence-electron chi connectivity index (χ0n) is 24.7. The van der Waals surface area contributed by atoms with Crippen LogP contribution < -0.4 is 4.74 Å². The Morgan fingerprint density at radius 1 is 0.860 bits per heavy atom. The van der Waals surface area contributed by atoms with E-state index < -0.39 is 11.9 Å². The Balaban J connectivity index is 0.000000186. The fourth-order valence-corrected chi connectivity index (χ4v) is 6.60. The number of ether oxygens (including phenoxy) is 1. The molecule has 0 bridgehead atoms. The number of rotatable bonds is 7. The Bertz CT molecular complexity index is 1440. The highest BCUT2D eigenvalue weighted by atomic mass is 32.1. The van der Waals surface area contributed by atoms with E-state index in [0.717, 1.165) is 45.3 Å². The minimum atomic E-state index is -1.82. The number of carboxylic acid groups (broad SMARTS) is 2. The molecule has 1 saturated heterocycles. The summed E-state index contributed by atoms with van der Waals surface area (Å²) in [6.07, 6.45) is 9.75. The van der Waals surface area contributed by atoms with Gasteiger partial charge in [-0.1, -0.05) is 67.6 Å². The van der Waals surface area contributed by atoms with E-state index in [9.17, 15) is 5.11 Å². The second kappa shape index (κ2) is 16.1. The maximum absolute atomic E-state index is 10.4. The van der Waals surface area contributed by atoms with Crippen molar-refractivity contribution in [1.82, 2.24) is 4.90 Å². The lowest BCUT2D eigenvalue weighted by Gasteiger charge is -2.15. The molecule has 2 aliphatic rings. The van der Waals surface area contributed by atoms with Crippen LogP contribution in [0.5, 0.6) is 11.5 Å². The van der Waals surface area contributed by atoms with Crippen LogP contribution in [0.1, 0.15) is 49.7 Å². The van der Waals surface area contributed by atoms with Gasteiger partial charge in [-0.05, 0) is 92.7 Å². The van der Waals surface area contributed by atoms with Gasteiger partial charge in [0.15, 0.2) is 0 Å². The standard InChI is InChI=1S/C20H21NO2S.C13H18.C2H2O4/c22-19-17-5-1-2-6-18(17)24-20(19)15-7-9-16(10-8-15)23-14-13-21-11-3-4-12-21;1-11-6-8-13(9-7-11)10-12-4-2-3-5-12;3-1(4)2(5)6/h1-2,5-10,22H,3-4,11-14H2;6-9,12H,2-5,10H2,1H3;(H,3,4)(H,5,6). The van der Waals surface area contributed by atoms with Crippen LogP contribution >= 0.6 is 11.3 Å². The highest BCUT2D eigenvalue weighted by Gasteiger charge is 2.15. The number of fused-ring (bicyclic) bond motifs is 1. The summed E-state index contributed by atoms with van der Waals surface area (Å²) in [5, 5.41) is 26.2. The smallest absolute Gasteiger partial charge is 0.414 e. The van der Waals surface area contributed by atoms with Crippen molar-refractivity contribution in [1.29, 1.82) is 0 Å². The summed E-state index contributed by atoms with van der Waals surface area (Å²) in [6.45, 7) is 6.28. The molecule has 228 valence electrons. The molecule has 7 nitrogen and oxygen atoms in total. The third-order valence-corrected chi connectivity index (χ3v) is 9.07. The topological polar surface area (TPSA) is 107 Å². The Morgan fingerprint density at radius 3 is 2.09 bits per heavy atom. The first-order valence-electron chi connectivity index (χ1n) is 15.0. The number of thiophene rings is 1. The number of nitrogens with zero attached hydrogens (tertiary/aromatic N) is 1. The van der Waals surface area contributed by atoms with Crippen molar-refractivity contribution < 1.29 is 29.6 Å². The summed E-state index contributed by atoms with van der Waals surface area (Å²) in [5.74, 6) is -1.41. The molecule has 3 aromatic carbocycles. The van der Waals surface area contributed by atoms with E-state index in [2.05, 4.69) is 36.1 Å². The van der Waals surface area contributed by atoms with Gasteiger partial charge in [0.2, 0.25) is 0 Å². The zero-order valence-corrected chi connectivity index (χ0v) is 25.5. The van der Waals surface area contributed by atoms with E-state index >= 15 is 0 Å². The number of aromatic hydroxyl groups is 1. The van der Waals surface area contributed by atoms with Crippen LogP contribution in [0.3, 0.4) is 0 Å². The van der Waals surface area contributed by atoms with Crippen molar-refractivity contribution in [3.63, 3.8) is 0 Å². The highest BCUT2D eigenvalue weighted by molar-refractivity contribution is 7.22. The number of likely N-dealkylation sites (tertiary alicyclic amines) is 1. The van der Waals surface area contributed by atoms with Gasteiger partial charge in [0, 0.05) is 16.6 Å². The second-order valence-electron chi connectivity index (χ2n) is 11.1. The molecule has 4 aromatic rings. The van der Waals surface area contributed by atoms with Crippen LogP contribution in [-0.4, -0.2) is 58.4 Å². The van der Waals surface area contributed by atoms with Gasteiger partial charge in [0.1, 0.15) is 18.1 Å². The lowest BCUT2D eigenvalue weighted by Crippen LogP contribution is -2.25. The monoisotopic (exact) mass is 603 g/mol. The molecule has 0 spiro atoms. The van der Waals surface area contributed by atoms with Gasteiger partial charge in [-0.3, -0.25) is 4.90 Å². The van der Waals surface area contributed by atoms with Crippen molar-refractivity contribution in [2.45, 2.75) is 51.9 Å². The molecule has 3 N–H and O–H groups in total. The van der Waals surface area contributed by atoms with Crippen LogP contribution in [0.4, 0.5) is 0 Å². The summed E-state index contributed by atoms with van der Waals surface area (Å²) in [4.78, 5) is 21.6. The number of aliphatic carboxylic acids is 2. The van der Waals surface area contributed by atoms with Crippen molar-refractivity contribution in [2.24, 2.45) is 5.92 Å². The Hall–Kier alpha value is -3.88. The Labute approximate surface area is 257 Å². The molecular weight excluding hydrogens is 562 g/mol. The van der Waals surface area contributed by atoms with Crippen LogP contribution in [0.15, 0.2) is 72.8 Å². The van der Waals surface area contributed by atoms with Gasteiger partial charge in [-0.2, -0.15) is 0 Å². The molecule has 0 radical (unpaired) electrons. The van der Waals surface area contributed by atoms with Crippen LogP contribution in [0, 0.1) is 12.8 Å². The third-order valence-electron chi connectivity index (χ3n) is 7.86. The summed E-state index contributed by atoms with van der Waals surface area (Å²) in [5.41, 5.74) is 3.92. The average Bonchev–Trinajstić information content (AvgIpc) is 3.79. The number of carbonyl (C=O) groups is 2. The molecule has 1 aliphatic heterocycles. The zero-order chi connectivity index (χ0) is 30.6. The molecule has 6 rings (SSSR count). The van der Waals surface area contributed by atoms with Crippen molar-refractivity contribution >= 4 is 33.4 Å².